The zero-order valence-corrected chi connectivity index (χ0v) is 62.2. The predicted molar refractivity (Wildman–Crippen MR) is 470 cm³/mol. The van der Waals surface area contributed by atoms with Crippen LogP contribution in [-0.2, 0) is 0 Å². The Bertz CT molecular complexity index is 7030. The Balaban J connectivity index is 0.000000141. The Morgan fingerprint density at radius 1 is 0.298 bits per heavy atom. The van der Waals surface area contributed by atoms with E-state index in [4.69, 9.17) is 47.0 Å². The summed E-state index contributed by atoms with van der Waals surface area (Å²) in [5.41, 5.74) is 26.6. The molecule has 536 valence electrons. The van der Waals surface area contributed by atoms with Gasteiger partial charge in [-0.3, -0.25) is 0 Å². The lowest BCUT2D eigenvalue weighted by molar-refractivity contribution is 0.426. The van der Waals surface area contributed by atoms with Gasteiger partial charge in [0.1, 0.15) is 11.0 Å². The third kappa shape index (κ3) is 14.5. The second kappa shape index (κ2) is 31.3. The summed E-state index contributed by atoms with van der Waals surface area (Å²) in [4.78, 5) is 13.3. The van der Waals surface area contributed by atoms with E-state index in [1.807, 2.05) is 60.7 Å². The molecular weight excluding hydrogens is 1420 g/mol. The van der Waals surface area contributed by atoms with Crippen LogP contribution in [0.3, 0.4) is 0 Å². The number of fused-ring (bicyclic) bond motifs is 6. The van der Waals surface area contributed by atoms with E-state index in [1.165, 1.54) is 99.7 Å². The minimum Gasteiger partial charge on any atom is -0.436 e. The predicted octanol–water partition coefficient (Wildman–Crippen LogP) is 27.0. The van der Waals surface area contributed by atoms with Crippen LogP contribution in [0.25, 0.3) is 193 Å². The summed E-state index contributed by atoms with van der Waals surface area (Å²) in [6.07, 6.45) is 0. The molecule has 2 N–H and O–H groups in total. The second-order valence-corrected chi connectivity index (χ2v) is 28.5. The topological polar surface area (TPSA) is 121 Å². The lowest BCUT2D eigenvalue weighted by Gasteiger charge is -2.11. The van der Waals surface area contributed by atoms with E-state index in [1.54, 1.807) is 12.1 Å². The smallest absolute Gasteiger partial charge is 0.436 e. The number of rotatable bonds is 12. The van der Waals surface area contributed by atoms with Crippen molar-refractivity contribution in [1.82, 2.24) is 9.97 Å². The molecule has 2 heterocycles. The Labute approximate surface area is 664 Å². The monoisotopic (exact) mass is 1480 g/mol. The van der Waals surface area contributed by atoms with Crippen molar-refractivity contribution in [1.29, 1.82) is 5.26 Å². The molecule has 0 atom stereocenters. The van der Waals surface area contributed by atoms with Crippen LogP contribution in [0.5, 0.6) is 0 Å². The summed E-state index contributed by atoms with van der Waals surface area (Å²) in [6, 6.07) is 136. The average molecular weight is 1480 g/mol. The molecular formula is C104H66BClN4O4. The molecule has 18 aromatic carbocycles. The maximum Gasteiger partial charge on any atom is 0.488 e. The number of halogens is 1. The minimum atomic E-state index is -1.45. The minimum absolute atomic E-state index is 0.400. The van der Waals surface area contributed by atoms with Crippen LogP contribution in [0.4, 0.5) is 5.69 Å². The zero-order chi connectivity index (χ0) is 77.0. The first-order valence-electron chi connectivity index (χ1n) is 37.5. The first-order chi connectivity index (χ1) is 56.1. The van der Waals surface area contributed by atoms with Crippen molar-refractivity contribution in [2.24, 2.45) is 0 Å². The standard InChI is InChI=1S/C52H32N2O.C45H28ClNO.C7H6BNO2/c53-33-34-15-17-35(18-16-34)36-21-29-43(30-22-36)52-54-51-49(42-27-25-41(26-28-42)48-14-6-10-39-8-2-4-12-46(39)48)31-44(32-50(51)55-52)37-19-23-40(24-20-37)47-13-5-9-38-7-1-3-11-45(38)47;46-37-25-23-35(24-26-37)45-47-44-42(34-21-19-33(20-22-34)41-14-6-10-31-8-2-4-12-39(31)41)27-36(28-43(44)48-45)29-15-17-32(18-16-29)40-13-5-9-30-7-1-3-11-38(30)40;1-9-7-4-2-6(3-5-7)8(10)11/h1-32H;1-28H;2-5,10-11H. The molecule has 0 aliphatic rings. The molecule has 0 unspecified atom stereocenters. The largest absolute Gasteiger partial charge is 0.488 e. The van der Waals surface area contributed by atoms with Gasteiger partial charge < -0.3 is 18.9 Å². The van der Waals surface area contributed by atoms with Crippen LogP contribution in [0.1, 0.15) is 5.56 Å². The molecule has 0 spiro atoms. The fraction of sp³-hybridized carbons (Fsp3) is 0. The van der Waals surface area contributed by atoms with Crippen molar-refractivity contribution in [3.8, 4) is 129 Å². The number of nitrogens with zero attached hydrogens (tertiary/aromatic N) is 4. The Hall–Kier alpha value is -14.8. The molecule has 0 saturated carbocycles. The second-order valence-electron chi connectivity index (χ2n) is 28.0. The molecule has 0 radical (unpaired) electrons. The normalized spacial score (nSPS) is 11.1. The summed E-state index contributed by atoms with van der Waals surface area (Å²) in [5, 5.41) is 37.1. The average Bonchev–Trinajstić information content (AvgIpc) is 1.64. The van der Waals surface area contributed by atoms with Gasteiger partial charge >= 0.3 is 7.12 Å². The SMILES string of the molecule is Clc1ccc(-c2nc3c(-c4ccc(-c5cccc6ccccc56)cc4)cc(-c4ccc(-c5cccc6ccccc56)cc4)cc3o2)cc1.N#Cc1ccc(-c2ccc(-c3nc4c(-c5ccc(-c6cccc7ccccc67)cc5)cc(-c5ccc(-c6cccc7ccccc67)cc5)cc4o3)cc2)cc1.[C-]#[N+]c1ccc(B(O)O)cc1. The third-order valence-corrected chi connectivity index (χ3v) is 21.4. The highest BCUT2D eigenvalue weighted by molar-refractivity contribution is 6.58. The molecule has 2 aromatic heterocycles. The lowest BCUT2D eigenvalue weighted by atomic mass is 9.80. The number of hydrogen-bond donors (Lipinski definition) is 2. The Kier molecular flexibility index (Phi) is 19.4. The molecule has 0 fully saturated rings. The Morgan fingerprint density at radius 3 is 0.904 bits per heavy atom. The van der Waals surface area contributed by atoms with Crippen LogP contribution in [0, 0.1) is 17.9 Å². The van der Waals surface area contributed by atoms with Gasteiger partial charge in [0.15, 0.2) is 16.9 Å². The number of nitriles is 1. The van der Waals surface area contributed by atoms with E-state index in [0.717, 1.165) is 89.0 Å². The number of hydrogen-bond acceptors (Lipinski definition) is 7. The molecule has 0 aliphatic carbocycles. The van der Waals surface area contributed by atoms with E-state index in [-0.39, 0.29) is 0 Å². The zero-order valence-electron chi connectivity index (χ0n) is 61.4. The summed E-state index contributed by atoms with van der Waals surface area (Å²) in [7, 11) is -1.45. The molecule has 8 nitrogen and oxygen atoms in total. The molecule has 0 bridgehead atoms. The van der Waals surface area contributed by atoms with E-state index in [0.29, 0.717) is 33.5 Å². The molecule has 114 heavy (non-hydrogen) atoms. The van der Waals surface area contributed by atoms with Crippen molar-refractivity contribution < 1.29 is 18.9 Å². The van der Waals surface area contributed by atoms with Crippen molar-refractivity contribution in [2.45, 2.75) is 0 Å². The van der Waals surface area contributed by atoms with Crippen LogP contribution in [-0.4, -0.2) is 27.1 Å². The molecule has 0 aliphatic heterocycles. The van der Waals surface area contributed by atoms with Crippen LogP contribution in [0.15, 0.2) is 397 Å². The van der Waals surface area contributed by atoms with E-state index in [9.17, 15) is 5.26 Å². The van der Waals surface area contributed by atoms with Crippen LogP contribution >= 0.6 is 11.6 Å². The number of aromatic nitrogens is 2. The van der Waals surface area contributed by atoms with Crippen LogP contribution in [0.2, 0.25) is 5.02 Å². The van der Waals surface area contributed by atoms with Gasteiger partial charge in [0, 0.05) is 27.3 Å². The van der Waals surface area contributed by atoms with Gasteiger partial charge in [0.25, 0.3) is 0 Å². The molecule has 0 amide bonds. The van der Waals surface area contributed by atoms with Crippen LogP contribution < -0.4 is 5.46 Å². The summed E-state index contributed by atoms with van der Waals surface area (Å²) in [5.74, 6) is 1.14. The fourth-order valence-electron chi connectivity index (χ4n) is 15.2. The highest BCUT2D eigenvalue weighted by Gasteiger charge is 2.21. The van der Waals surface area contributed by atoms with Gasteiger partial charge in [-0.25, -0.2) is 14.8 Å². The molecule has 0 saturated heterocycles. The van der Waals surface area contributed by atoms with Crippen molar-refractivity contribution in [2.75, 3.05) is 0 Å². The highest BCUT2D eigenvalue weighted by Crippen LogP contribution is 2.43. The molecule has 20 aromatic rings. The van der Waals surface area contributed by atoms with E-state index in [2.05, 4.69) is 314 Å². The van der Waals surface area contributed by atoms with Gasteiger partial charge in [-0.15, -0.1) is 0 Å². The first-order valence-corrected chi connectivity index (χ1v) is 37.9. The maximum absolute atomic E-state index is 9.21. The van der Waals surface area contributed by atoms with Gasteiger partial charge in [0.05, 0.1) is 18.2 Å². The van der Waals surface area contributed by atoms with Gasteiger partial charge in [-0.2, -0.15) is 5.26 Å². The maximum atomic E-state index is 9.21. The Morgan fingerprint density at radius 2 is 0.579 bits per heavy atom. The quantitative estimate of drug-likeness (QED) is 0.0923. The fourth-order valence-corrected chi connectivity index (χ4v) is 15.3. The summed E-state index contributed by atoms with van der Waals surface area (Å²) < 4.78 is 13.0. The summed E-state index contributed by atoms with van der Waals surface area (Å²) in [6.45, 7) is 6.62. The summed E-state index contributed by atoms with van der Waals surface area (Å²) >= 11 is 6.19. The molecule has 10 heteroatoms. The van der Waals surface area contributed by atoms with Crippen molar-refractivity contribution in [3.63, 3.8) is 0 Å². The van der Waals surface area contributed by atoms with Gasteiger partial charge in [-0.05, 0) is 210 Å². The lowest BCUT2D eigenvalue weighted by Crippen LogP contribution is -2.29. The number of oxazole rings is 2. The third-order valence-electron chi connectivity index (χ3n) is 21.1. The van der Waals surface area contributed by atoms with E-state index < -0.39 is 7.12 Å². The number of benzene rings is 18. The van der Waals surface area contributed by atoms with Crippen molar-refractivity contribution in [3.05, 3.63) is 410 Å². The molecule has 20 rings (SSSR count). The highest BCUT2D eigenvalue weighted by atomic mass is 35.5. The van der Waals surface area contributed by atoms with Gasteiger partial charge in [-0.1, -0.05) is 327 Å². The van der Waals surface area contributed by atoms with Crippen molar-refractivity contribution >= 4 is 95.2 Å². The van der Waals surface area contributed by atoms with Gasteiger partial charge in [0.2, 0.25) is 11.8 Å². The van der Waals surface area contributed by atoms with E-state index >= 15 is 0 Å². The first kappa shape index (κ1) is 70.8.